The van der Waals surface area contributed by atoms with Crippen molar-refractivity contribution in [1.29, 1.82) is 0 Å². The Kier molecular flexibility index (Phi) is 4.82. The summed E-state index contributed by atoms with van der Waals surface area (Å²) >= 11 is 1.58. The standard InChI is InChI=1S/C23H26N6O3S/c1-11-8-14(22(32)29-17(11)19(30)27-23(29,2)3)26-18-16-13-7-6-12(21(31)28(4)5)9-15(13)33-20(16)25-10-24-18/h8,10,12H,6-7,9H2,1-5H3,(H,27,30)(H,24,25,26)/t12-/m0/s1. The third-order valence-electron chi connectivity index (χ3n) is 6.47. The molecule has 1 atom stereocenters. The molecule has 1 aliphatic heterocycles. The number of aromatic nitrogens is 3. The molecular formula is C23H26N6O3S. The zero-order valence-electron chi connectivity index (χ0n) is 19.3. The highest BCUT2D eigenvalue weighted by Gasteiger charge is 2.38. The smallest absolute Gasteiger partial charge is 0.276 e. The Balaban J connectivity index is 1.57. The summed E-state index contributed by atoms with van der Waals surface area (Å²) in [6.07, 6.45) is 3.71. The predicted octanol–water partition coefficient (Wildman–Crippen LogP) is 2.53. The van der Waals surface area contributed by atoms with Crippen molar-refractivity contribution in [3.63, 3.8) is 0 Å². The van der Waals surface area contributed by atoms with E-state index < -0.39 is 5.66 Å². The van der Waals surface area contributed by atoms with Crippen LogP contribution in [0.2, 0.25) is 0 Å². The van der Waals surface area contributed by atoms with Crippen LogP contribution in [0.3, 0.4) is 0 Å². The highest BCUT2D eigenvalue weighted by Crippen LogP contribution is 2.40. The molecule has 0 radical (unpaired) electrons. The van der Waals surface area contributed by atoms with E-state index in [4.69, 9.17) is 0 Å². The summed E-state index contributed by atoms with van der Waals surface area (Å²) in [6, 6.07) is 1.70. The number of nitrogens with zero attached hydrogens (tertiary/aromatic N) is 4. The summed E-state index contributed by atoms with van der Waals surface area (Å²) in [4.78, 5) is 50.8. The molecule has 0 unspecified atom stereocenters. The summed E-state index contributed by atoms with van der Waals surface area (Å²) in [5, 5.41) is 7.00. The minimum atomic E-state index is -0.817. The molecule has 5 rings (SSSR count). The lowest BCUT2D eigenvalue weighted by molar-refractivity contribution is -0.133. The fourth-order valence-electron chi connectivity index (χ4n) is 4.95. The first-order chi connectivity index (χ1) is 15.6. The molecule has 0 aromatic carbocycles. The first-order valence-electron chi connectivity index (χ1n) is 10.9. The fraction of sp³-hybridized carbons (Fsp3) is 0.435. The Hall–Kier alpha value is -3.27. The van der Waals surface area contributed by atoms with Crippen molar-refractivity contribution in [3.8, 4) is 0 Å². The summed E-state index contributed by atoms with van der Waals surface area (Å²) in [5.41, 5.74) is 1.50. The summed E-state index contributed by atoms with van der Waals surface area (Å²) < 4.78 is 1.51. The van der Waals surface area contributed by atoms with Crippen molar-refractivity contribution in [2.75, 3.05) is 19.4 Å². The van der Waals surface area contributed by atoms with Crippen LogP contribution in [0, 0.1) is 12.8 Å². The first-order valence-corrected chi connectivity index (χ1v) is 11.7. The molecule has 3 aromatic rings. The number of hydrogen-bond donors (Lipinski definition) is 2. The molecule has 33 heavy (non-hydrogen) atoms. The van der Waals surface area contributed by atoms with E-state index in [2.05, 4.69) is 20.6 Å². The number of pyridine rings is 1. The highest BCUT2D eigenvalue weighted by atomic mass is 32.1. The van der Waals surface area contributed by atoms with Gasteiger partial charge in [0.05, 0.1) is 5.39 Å². The molecule has 1 aliphatic carbocycles. The van der Waals surface area contributed by atoms with Crippen LogP contribution in [0.1, 0.15) is 46.8 Å². The molecule has 3 aromatic heterocycles. The number of hydrogen-bond acceptors (Lipinski definition) is 7. The number of carbonyl (C=O) groups is 2. The normalized spacial score (nSPS) is 18.6. The maximum absolute atomic E-state index is 13.3. The molecule has 0 saturated heterocycles. The molecule has 10 heteroatoms. The van der Waals surface area contributed by atoms with Gasteiger partial charge in [0.25, 0.3) is 11.5 Å². The molecule has 0 bridgehead atoms. The lowest BCUT2D eigenvalue weighted by atomic mass is 9.87. The van der Waals surface area contributed by atoms with Gasteiger partial charge in [-0.1, -0.05) is 0 Å². The van der Waals surface area contributed by atoms with E-state index in [1.807, 2.05) is 6.92 Å². The topological polar surface area (TPSA) is 109 Å². The Morgan fingerprint density at radius 3 is 2.79 bits per heavy atom. The van der Waals surface area contributed by atoms with Gasteiger partial charge in [0.2, 0.25) is 5.91 Å². The van der Waals surface area contributed by atoms with Gasteiger partial charge in [0.1, 0.15) is 34.0 Å². The number of aryl methyl sites for hydroxylation is 2. The lowest BCUT2D eigenvalue weighted by Crippen LogP contribution is -2.42. The predicted molar refractivity (Wildman–Crippen MR) is 127 cm³/mol. The second-order valence-electron chi connectivity index (χ2n) is 9.45. The van der Waals surface area contributed by atoms with Crippen molar-refractivity contribution < 1.29 is 9.59 Å². The van der Waals surface area contributed by atoms with Crippen LogP contribution >= 0.6 is 11.3 Å². The van der Waals surface area contributed by atoms with E-state index >= 15 is 0 Å². The van der Waals surface area contributed by atoms with Crippen LogP contribution < -0.4 is 16.2 Å². The monoisotopic (exact) mass is 466 g/mol. The zero-order chi connectivity index (χ0) is 23.7. The second kappa shape index (κ2) is 7.38. The average Bonchev–Trinajstić information content (AvgIpc) is 3.24. The third kappa shape index (κ3) is 3.31. The van der Waals surface area contributed by atoms with Crippen molar-refractivity contribution in [2.24, 2.45) is 5.92 Å². The fourth-order valence-corrected chi connectivity index (χ4v) is 6.22. The van der Waals surface area contributed by atoms with Gasteiger partial charge in [-0.15, -0.1) is 11.3 Å². The van der Waals surface area contributed by atoms with Crippen molar-refractivity contribution >= 4 is 44.9 Å². The summed E-state index contributed by atoms with van der Waals surface area (Å²) in [6.45, 7) is 5.42. The number of carbonyl (C=O) groups excluding carboxylic acids is 2. The van der Waals surface area contributed by atoms with E-state index in [0.717, 1.165) is 33.5 Å². The molecule has 0 saturated carbocycles. The minimum Gasteiger partial charge on any atom is -0.349 e. The second-order valence-corrected chi connectivity index (χ2v) is 10.5. The van der Waals surface area contributed by atoms with Crippen LogP contribution in [0.25, 0.3) is 10.2 Å². The van der Waals surface area contributed by atoms with E-state index in [0.29, 0.717) is 29.2 Å². The molecular weight excluding hydrogens is 440 g/mol. The molecule has 2 aliphatic rings. The van der Waals surface area contributed by atoms with Crippen molar-refractivity contribution in [2.45, 2.75) is 45.7 Å². The first kappa shape index (κ1) is 21.6. The van der Waals surface area contributed by atoms with Crippen LogP contribution in [0.15, 0.2) is 17.2 Å². The van der Waals surface area contributed by atoms with E-state index in [9.17, 15) is 14.4 Å². The van der Waals surface area contributed by atoms with Gasteiger partial charge < -0.3 is 15.5 Å². The molecule has 2 N–H and O–H groups in total. The number of fused-ring (bicyclic) bond motifs is 4. The van der Waals surface area contributed by atoms with Gasteiger partial charge in [-0.3, -0.25) is 19.0 Å². The SMILES string of the molecule is Cc1cc(Nc2ncnc3sc4c(c23)CC[C@H](C(=O)N(C)C)C4)c(=O)n2c1C(=O)NC2(C)C. The van der Waals surface area contributed by atoms with E-state index in [1.165, 1.54) is 10.9 Å². The van der Waals surface area contributed by atoms with Crippen LogP contribution in [-0.4, -0.2) is 45.3 Å². The number of anilines is 2. The Morgan fingerprint density at radius 1 is 1.30 bits per heavy atom. The van der Waals surface area contributed by atoms with Crippen LogP contribution in [-0.2, 0) is 23.3 Å². The zero-order valence-corrected chi connectivity index (χ0v) is 20.1. The van der Waals surface area contributed by atoms with Crippen molar-refractivity contribution in [3.05, 3.63) is 44.4 Å². The lowest BCUT2D eigenvalue weighted by Gasteiger charge is -2.24. The van der Waals surface area contributed by atoms with Gasteiger partial charge in [-0.25, -0.2) is 9.97 Å². The van der Waals surface area contributed by atoms with Gasteiger partial charge in [0, 0.05) is 24.9 Å². The van der Waals surface area contributed by atoms with Gasteiger partial charge in [-0.05, 0) is 57.2 Å². The molecule has 9 nitrogen and oxygen atoms in total. The van der Waals surface area contributed by atoms with Crippen LogP contribution in [0.4, 0.5) is 11.5 Å². The summed E-state index contributed by atoms with van der Waals surface area (Å²) in [7, 11) is 3.58. The molecule has 4 heterocycles. The average molecular weight is 467 g/mol. The van der Waals surface area contributed by atoms with E-state index in [1.54, 1.807) is 50.2 Å². The number of rotatable bonds is 3. The highest BCUT2D eigenvalue weighted by molar-refractivity contribution is 7.19. The maximum Gasteiger partial charge on any atom is 0.276 e. The molecule has 0 fully saturated rings. The summed E-state index contributed by atoms with van der Waals surface area (Å²) in [5.74, 6) is 0.442. The molecule has 2 amide bonds. The maximum atomic E-state index is 13.3. The Morgan fingerprint density at radius 2 is 2.06 bits per heavy atom. The third-order valence-corrected chi connectivity index (χ3v) is 7.64. The molecule has 172 valence electrons. The number of thiophene rings is 1. The quantitative estimate of drug-likeness (QED) is 0.614. The van der Waals surface area contributed by atoms with Crippen molar-refractivity contribution in [1.82, 2.24) is 24.8 Å². The van der Waals surface area contributed by atoms with E-state index in [-0.39, 0.29) is 23.3 Å². The van der Waals surface area contributed by atoms with Gasteiger partial charge >= 0.3 is 0 Å². The van der Waals surface area contributed by atoms with Crippen LogP contribution in [0.5, 0.6) is 0 Å². The minimum absolute atomic E-state index is 0.0267. The number of nitrogens with one attached hydrogen (secondary N) is 2. The Labute approximate surface area is 194 Å². The largest absolute Gasteiger partial charge is 0.349 e. The molecule has 0 spiro atoms. The van der Waals surface area contributed by atoms with Gasteiger partial charge in [0.15, 0.2) is 0 Å². The van der Waals surface area contributed by atoms with Gasteiger partial charge in [-0.2, -0.15) is 0 Å². The Bertz CT molecular complexity index is 1390. The number of amides is 2.